The van der Waals surface area contributed by atoms with E-state index in [-0.39, 0.29) is 12.9 Å². The summed E-state index contributed by atoms with van der Waals surface area (Å²) in [7, 11) is 0. The van der Waals surface area contributed by atoms with E-state index in [1.807, 2.05) is 13.8 Å². The molecule has 0 aliphatic heterocycles. The Balaban J connectivity index is 3.69. The molecule has 0 fully saturated rings. The summed E-state index contributed by atoms with van der Waals surface area (Å²) in [4.78, 5) is 0. The van der Waals surface area contributed by atoms with Crippen molar-refractivity contribution in [2.45, 2.75) is 32.7 Å². The molecule has 0 aromatic rings. The number of ether oxygens (including phenoxy) is 2. The summed E-state index contributed by atoms with van der Waals surface area (Å²) in [5.41, 5.74) is -1.09. The van der Waals surface area contributed by atoms with Gasteiger partial charge in [-0.05, 0) is 20.8 Å². The van der Waals surface area contributed by atoms with Crippen molar-refractivity contribution in [3.05, 3.63) is 0 Å². The summed E-state index contributed by atoms with van der Waals surface area (Å²) in [6.07, 6.45) is -0.297. The first-order chi connectivity index (χ1) is 7.05. The van der Waals surface area contributed by atoms with Gasteiger partial charge in [0.15, 0.2) is 6.29 Å². The molecular weight excluding hydrogens is 198 g/mol. The van der Waals surface area contributed by atoms with Crippen molar-refractivity contribution in [2.75, 3.05) is 32.9 Å². The standard InChI is InChI=1S/C10H23NO4/c1-4-14-9(15-5-2)6-11-7-10(3,13)8-12/h9,11-13H,4-8H2,1-3H3. The van der Waals surface area contributed by atoms with Crippen LogP contribution in [0.5, 0.6) is 0 Å². The lowest BCUT2D eigenvalue weighted by molar-refractivity contribution is -0.134. The van der Waals surface area contributed by atoms with Gasteiger partial charge in [-0.25, -0.2) is 0 Å². The topological polar surface area (TPSA) is 71.0 Å². The largest absolute Gasteiger partial charge is 0.393 e. The summed E-state index contributed by atoms with van der Waals surface area (Å²) in [6, 6.07) is 0. The van der Waals surface area contributed by atoms with Crippen LogP contribution >= 0.6 is 0 Å². The number of aliphatic hydroxyl groups excluding tert-OH is 1. The van der Waals surface area contributed by atoms with E-state index in [2.05, 4.69) is 5.32 Å². The number of rotatable bonds is 9. The third-order valence-electron chi connectivity index (χ3n) is 1.86. The summed E-state index contributed by atoms with van der Waals surface area (Å²) in [5, 5.41) is 21.3. The zero-order valence-corrected chi connectivity index (χ0v) is 9.82. The second-order valence-electron chi connectivity index (χ2n) is 3.63. The average molecular weight is 221 g/mol. The van der Waals surface area contributed by atoms with E-state index in [9.17, 15) is 5.11 Å². The molecule has 0 aliphatic carbocycles. The Kier molecular flexibility index (Phi) is 7.90. The molecule has 0 aliphatic rings. The Morgan fingerprint density at radius 2 is 1.80 bits per heavy atom. The predicted molar refractivity (Wildman–Crippen MR) is 57.6 cm³/mol. The smallest absolute Gasteiger partial charge is 0.169 e. The van der Waals surface area contributed by atoms with E-state index < -0.39 is 5.60 Å². The van der Waals surface area contributed by atoms with Crippen molar-refractivity contribution < 1.29 is 19.7 Å². The SMILES string of the molecule is CCOC(CNCC(C)(O)CO)OCC. The van der Waals surface area contributed by atoms with Crippen molar-refractivity contribution >= 4 is 0 Å². The third-order valence-corrected chi connectivity index (χ3v) is 1.86. The maximum Gasteiger partial charge on any atom is 0.169 e. The Labute approximate surface area is 91.4 Å². The van der Waals surface area contributed by atoms with E-state index >= 15 is 0 Å². The van der Waals surface area contributed by atoms with Gasteiger partial charge in [-0.2, -0.15) is 0 Å². The molecule has 0 saturated heterocycles. The Hall–Kier alpha value is -0.200. The molecule has 92 valence electrons. The minimum absolute atomic E-state index is 0.270. The molecule has 0 spiro atoms. The van der Waals surface area contributed by atoms with Crippen LogP contribution in [0.4, 0.5) is 0 Å². The molecule has 0 amide bonds. The van der Waals surface area contributed by atoms with Crippen LogP contribution in [-0.2, 0) is 9.47 Å². The van der Waals surface area contributed by atoms with Crippen molar-refractivity contribution in [3.63, 3.8) is 0 Å². The van der Waals surface area contributed by atoms with Crippen LogP contribution in [0.1, 0.15) is 20.8 Å². The van der Waals surface area contributed by atoms with Gasteiger partial charge in [0, 0.05) is 26.3 Å². The van der Waals surface area contributed by atoms with Crippen molar-refractivity contribution in [3.8, 4) is 0 Å². The zero-order chi connectivity index (χ0) is 11.7. The van der Waals surface area contributed by atoms with Gasteiger partial charge in [-0.1, -0.05) is 0 Å². The monoisotopic (exact) mass is 221 g/mol. The Morgan fingerprint density at radius 3 is 2.20 bits per heavy atom. The van der Waals surface area contributed by atoms with Gasteiger partial charge in [0.25, 0.3) is 0 Å². The van der Waals surface area contributed by atoms with Crippen molar-refractivity contribution in [2.24, 2.45) is 0 Å². The summed E-state index contributed by atoms with van der Waals surface area (Å²) in [6.45, 7) is 7.07. The van der Waals surface area contributed by atoms with Gasteiger partial charge in [0.1, 0.15) is 0 Å². The van der Waals surface area contributed by atoms with Gasteiger partial charge in [0.05, 0.1) is 12.2 Å². The lowest BCUT2D eigenvalue weighted by atomic mass is 10.1. The van der Waals surface area contributed by atoms with E-state index in [1.165, 1.54) is 0 Å². The highest BCUT2D eigenvalue weighted by atomic mass is 16.7. The first-order valence-corrected chi connectivity index (χ1v) is 5.33. The van der Waals surface area contributed by atoms with Crippen LogP contribution in [0.2, 0.25) is 0 Å². The number of hydrogen-bond donors (Lipinski definition) is 3. The van der Waals surface area contributed by atoms with Gasteiger partial charge < -0.3 is 25.0 Å². The molecule has 1 atom stereocenters. The first-order valence-electron chi connectivity index (χ1n) is 5.33. The van der Waals surface area contributed by atoms with Crippen LogP contribution < -0.4 is 5.32 Å². The lowest BCUT2D eigenvalue weighted by Gasteiger charge is -2.23. The lowest BCUT2D eigenvalue weighted by Crippen LogP contribution is -2.44. The Morgan fingerprint density at radius 1 is 1.27 bits per heavy atom. The fourth-order valence-electron chi connectivity index (χ4n) is 1.05. The molecule has 3 N–H and O–H groups in total. The van der Waals surface area contributed by atoms with Crippen LogP contribution in [0, 0.1) is 0 Å². The number of aliphatic hydroxyl groups is 2. The van der Waals surface area contributed by atoms with E-state index in [0.29, 0.717) is 26.3 Å². The Bertz CT molecular complexity index is 146. The molecule has 1 unspecified atom stereocenters. The normalized spacial score (nSPS) is 15.6. The van der Waals surface area contributed by atoms with Gasteiger partial charge in [0.2, 0.25) is 0 Å². The molecule has 0 bridgehead atoms. The first kappa shape index (κ1) is 14.8. The van der Waals surface area contributed by atoms with Crippen LogP contribution in [0.25, 0.3) is 0 Å². The second kappa shape index (κ2) is 8.01. The highest BCUT2D eigenvalue weighted by Crippen LogP contribution is 1.99. The quantitative estimate of drug-likeness (QED) is 0.467. The minimum Gasteiger partial charge on any atom is -0.393 e. The zero-order valence-electron chi connectivity index (χ0n) is 9.82. The molecule has 15 heavy (non-hydrogen) atoms. The molecule has 5 nitrogen and oxygen atoms in total. The molecule has 0 heterocycles. The van der Waals surface area contributed by atoms with Gasteiger partial charge in [-0.3, -0.25) is 0 Å². The van der Waals surface area contributed by atoms with Crippen molar-refractivity contribution in [1.82, 2.24) is 5.32 Å². The number of nitrogens with one attached hydrogen (secondary N) is 1. The van der Waals surface area contributed by atoms with E-state index in [1.54, 1.807) is 6.92 Å². The summed E-state index contributed by atoms with van der Waals surface area (Å²) in [5.74, 6) is 0. The fraction of sp³-hybridized carbons (Fsp3) is 1.00. The molecule has 5 heteroatoms. The average Bonchev–Trinajstić information content (AvgIpc) is 2.18. The fourth-order valence-corrected chi connectivity index (χ4v) is 1.05. The third kappa shape index (κ3) is 7.70. The van der Waals surface area contributed by atoms with Gasteiger partial charge in [-0.15, -0.1) is 0 Å². The maximum absolute atomic E-state index is 9.50. The molecule has 0 aromatic heterocycles. The maximum atomic E-state index is 9.50. The van der Waals surface area contributed by atoms with Crippen LogP contribution in [0.3, 0.4) is 0 Å². The molecule has 0 rings (SSSR count). The highest BCUT2D eigenvalue weighted by molar-refractivity contribution is 4.73. The molecular formula is C10H23NO4. The molecule has 0 aromatic carbocycles. The van der Waals surface area contributed by atoms with E-state index in [4.69, 9.17) is 14.6 Å². The second-order valence-corrected chi connectivity index (χ2v) is 3.63. The number of hydrogen-bond acceptors (Lipinski definition) is 5. The van der Waals surface area contributed by atoms with Gasteiger partial charge >= 0.3 is 0 Å². The summed E-state index contributed by atoms with van der Waals surface area (Å²) >= 11 is 0. The molecule has 0 radical (unpaired) electrons. The highest BCUT2D eigenvalue weighted by Gasteiger charge is 2.19. The minimum atomic E-state index is -1.09. The molecule has 0 saturated carbocycles. The van der Waals surface area contributed by atoms with Crippen LogP contribution in [0.15, 0.2) is 0 Å². The summed E-state index contributed by atoms with van der Waals surface area (Å²) < 4.78 is 10.6. The van der Waals surface area contributed by atoms with Crippen LogP contribution in [-0.4, -0.2) is 55.0 Å². The van der Waals surface area contributed by atoms with E-state index in [0.717, 1.165) is 0 Å². The van der Waals surface area contributed by atoms with Crippen molar-refractivity contribution in [1.29, 1.82) is 0 Å². The predicted octanol–water partition coefficient (Wildman–Crippen LogP) is -0.282.